The van der Waals surface area contributed by atoms with Crippen molar-refractivity contribution in [1.82, 2.24) is 4.90 Å². The number of hydrogen-bond donors (Lipinski definition) is 0. The number of carbonyl (C=O) groups is 1. The van der Waals surface area contributed by atoms with Crippen molar-refractivity contribution in [3.8, 4) is 0 Å². The van der Waals surface area contributed by atoms with Crippen LogP contribution in [0.25, 0.3) is 0 Å². The summed E-state index contributed by atoms with van der Waals surface area (Å²) in [5, 5.41) is 0. The minimum Gasteiger partial charge on any atom is -0.444 e. The molecule has 0 saturated carbocycles. The van der Waals surface area contributed by atoms with Gasteiger partial charge >= 0.3 is 6.09 Å². The summed E-state index contributed by atoms with van der Waals surface area (Å²) < 4.78 is 32.1. The Labute approximate surface area is 127 Å². The smallest absolute Gasteiger partial charge is 0.410 e. The van der Waals surface area contributed by atoms with E-state index in [-0.39, 0.29) is 24.2 Å². The standard InChI is InChI=1S/C14H27NO5S/c1-13(2,3)20-12(16)15-10-11(9-14(15,4)5)7-8-19-21(6,17)18/h11H,7-10H2,1-6H3/t11-/m1/s1. The van der Waals surface area contributed by atoms with Crippen LogP contribution in [0.3, 0.4) is 0 Å². The zero-order valence-corrected chi connectivity index (χ0v) is 14.6. The van der Waals surface area contributed by atoms with E-state index in [9.17, 15) is 13.2 Å². The molecule has 0 aromatic carbocycles. The molecule has 21 heavy (non-hydrogen) atoms. The van der Waals surface area contributed by atoms with Crippen LogP contribution in [0.15, 0.2) is 0 Å². The third kappa shape index (κ3) is 6.22. The van der Waals surface area contributed by atoms with Crippen LogP contribution in [-0.2, 0) is 19.0 Å². The fourth-order valence-electron chi connectivity index (χ4n) is 2.58. The number of carbonyl (C=O) groups excluding carboxylic acids is 1. The van der Waals surface area contributed by atoms with E-state index in [0.29, 0.717) is 13.0 Å². The highest BCUT2D eigenvalue weighted by Gasteiger charge is 2.42. The summed E-state index contributed by atoms with van der Waals surface area (Å²) in [5.74, 6) is 0.217. The molecule has 0 N–H and O–H groups in total. The van der Waals surface area contributed by atoms with Gasteiger partial charge in [-0.15, -0.1) is 0 Å². The lowest BCUT2D eigenvalue weighted by atomic mass is 9.95. The van der Waals surface area contributed by atoms with Crippen LogP contribution in [0.1, 0.15) is 47.5 Å². The van der Waals surface area contributed by atoms with Crippen molar-refractivity contribution in [2.24, 2.45) is 5.92 Å². The Morgan fingerprint density at radius 3 is 2.38 bits per heavy atom. The number of nitrogens with zero attached hydrogens (tertiary/aromatic N) is 1. The van der Waals surface area contributed by atoms with E-state index >= 15 is 0 Å². The molecule has 6 nitrogen and oxygen atoms in total. The normalized spacial score (nSPS) is 22.4. The molecule has 1 fully saturated rings. The highest BCUT2D eigenvalue weighted by Crippen LogP contribution is 2.35. The zero-order valence-electron chi connectivity index (χ0n) is 13.8. The molecular weight excluding hydrogens is 294 g/mol. The molecular formula is C14H27NO5S. The largest absolute Gasteiger partial charge is 0.444 e. The molecule has 0 radical (unpaired) electrons. The van der Waals surface area contributed by atoms with Crippen molar-refractivity contribution in [2.75, 3.05) is 19.4 Å². The summed E-state index contributed by atoms with van der Waals surface area (Å²) in [4.78, 5) is 14.0. The number of likely N-dealkylation sites (tertiary alicyclic amines) is 1. The van der Waals surface area contributed by atoms with Crippen LogP contribution in [0, 0.1) is 5.92 Å². The van der Waals surface area contributed by atoms with Crippen LogP contribution < -0.4 is 0 Å². The van der Waals surface area contributed by atoms with Gasteiger partial charge in [-0.2, -0.15) is 8.42 Å². The average Bonchev–Trinajstić information content (AvgIpc) is 2.49. The fraction of sp³-hybridized carbons (Fsp3) is 0.929. The second kappa shape index (κ2) is 6.12. The van der Waals surface area contributed by atoms with Crippen molar-refractivity contribution in [2.45, 2.75) is 58.6 Å². The van der Waals surface area contributed by atoms with E-state index in [4.69, 9.17) is 8.92 Å². The Hall–Kier alpha value is -0.820. The number of ether oxygens (including phenoxy) is 1. The molecule has 124 valence electrons. The highest BCUT2D eigenvalue weighted by molar-refractivity contribution is 7.85. The molecule has 0 aromatic rings. The van der Waals surface area contributed by atoms with E-state index in [2.05, 4.69) is 0 Å². The van der Waals surface area contributed by atoms with Gasteiger partial charge in [0.15, 0.2) is 0 Å². The predicted molar refractivity (Wildman–Crippen MR) is 80.5 cm³/mol. The number of rotatable bonds is 4. The lowest BCUT2D eigenvalue weighted by molar-refractivity contribution is 0.0130. The van der Waals surface area contributed by atoms with Crippen LogP contribution in [0.5, 0.6) is 0 Å². The average molecular weight is 321 g/mol. The van der Waals surface area contributed by atoms with Crippen molar-refractivity contribution in [3.05, 3.63) is 0 Å². The van der Waals surface area contributed by atoms with E-state index < -0.39 is 15.7 Å². The Morgan fingerprint density at radius 2 is 1.90 bits per heavy atom. The van der Waals surface area contributed by atoms with Gasteiger partial charge in [-0.1, -0.05) is 0 Å². The second-order valence-corrected chi connectivity index (χ2v) is 8.93. The Kier molecular flexibility index (Phi) is 5.31. The molecule has 1 amide bonds. The topological polar surface area (TPSA) is 72.9 Å². The molecule has 0 aromatic heterocycles. The summed E-state index contributed by atoms with van der Waals surface area (Å²) in [7, 11) is -3.40. The maximum absolute atomic E-state index is 12.2. The first-order valence-corrected chi connectivity index (χ1v) is 8.97. The minimum atomic E-state index is -3.40. The summed E-state index contributed by atoms with van der Waals surface area (Å²) in [6.45, 7) is 10.2. The van der Waals surface area contributed by atoms with Crippen molar-refractivity contribution >= 4 is 16.2 Å². The molecule has 1 heterocycles. The van der Waals surface area contributed by atoms with E-state index in [0.717, 1.165) is 12.7 Å². The van der Waals surface area contributed by atoms with Gasteiger partial charge < -0.3 is 9.64 Å². The van der Waals surface area contributed by atoms with Gasteiger partial charge in [0.25, 0.3) is 10.1 Å². The molecule has 0 unspecified atom stereocenters. The molecule has 1 saturated heterocycles. The van der Waals surface area contributed by atoms with Gasteiger partial charge in [0.1, 0.15) is 5.60 Å². The first-order chi connectivity index (χ1) is 9.30. The van der Waals surface area contributed by atoms with Crippen molar-refractivity contribution in [3.63, 3.8) is 0 Å². The Balaban J connectivity index is 2.58. The van der Waals surface area contributed by atoms with E-state index in [1.807, 2.05) is 34.6 Å². The molecule has 0 bridgehead atoms. The van der Waals surface area contributed by atoms with Crippen LogP contribution in [0.4, 0.5) is 4.79 Å². The van der Waals surface area contributed by atoms with Gasteiger partial charge in [0, 0.05) is 12.1 Å². The summed E-state index contributed by atoms with van der Waals surface area (Å²) in [5.41, 5.74) is -0.817. The highest BCUT2D eigenvalue weighted by atomic mass is 32.2. The molecule has 7 heteroatoms. The zero-order chi connectivity index (χ0) is 16.5. The summed E-state index contributed by atoms with van der Waals surface area (Å²) >= 11 is 0. The lowest BCUT2D eigenvalue weighted by Gasteiger charge is -2.33. The number of hydrogen-bond acceptors (Lipinski definition) is 5. The van der Waals surface area contributed by atoms with Crippen LogP contribution >= 0.6 is 0 Å². The molecule has 1 aliphatic rings. The monoisotopic (exact) mass is 321 g/mol. The third-order valence-electron chi connectivity index (χ3n) is 3.40. The molecule has 0 aliphatic carbocycles. The maximum atomic E-state index is 12.2. The van der Waals surface area contributed by atoms with E-state index in [1.165, 1.54) is 0 Å². The van der Waals surface area contributed by atoms with Gasteiger partial charge in [-0.05, 0) is 53.4 Å². The first kappa shape index (κ1) is 18.2. The van der Waals surface area contributed by atoms with Crippen molar-refractivity contribution < 1.29 is 22.1 Å². The predicted octanol–water partition coefficient (Wildman–Crippen LogP) is 2.39. The van der Waals surface area contributed by atoms with Gasteiger partial charge in [-0.25, -0.2) is 4.79 Å². The molecule has 1 aliphatic heterocycles. The van der Waals surface area contributed by atoms with Gasteiger partial charge in [0.2, 0.25) is 0 Å². The summed E-state index contributed by atoms with van der Waals surface area (Å²) in [6, 6.07) is 0. The quantitative estimate of drug-likeness (QED) is 0.743. The van der Waals surface area contributed by atoms with Crippen LogP contribution in [0.2, 0.25) is 0 Å². The Bertz CT molecular complexity index is 478. The van der Waals surface area contributed by atoms with Gasteiger partial charge in [0.05, 0.1) is 12.9 Å². The lowest BCUT2D eigenvalue weighted by Crippen LogP contribution is -2.45. The first-order valence-electron chi connectivity index (χ1n) is 7.15. The number of amides is 1. The minimum absolute atomic E-state index is 0.155. The van der Waals surface area contributed by atoms with Crippen LogP contribution in [-0.4, -0.2) is 50.0 Å². The fourth-order valence-corrected chi connectivity index (χ4v) is 2.98. The molecule has 0 spiro atoms. The van der Waals surface area contributed by atoms with Gasteiger partial charge in [-0.3, -0.25) is 4.18 Å². The SMILES string of the molecule is CC(C)(C)OC(=O)N1C[C@H](CCOS(C)(=O)=O)CC1(C)C. The molecule has 1 rings (SSSR count). The van der Waals surface area contributed by atoms with E-state index in [1.54, 1.807) is 4.90 Å². The second-order valence-electron chi connectivity index (χ2n) is 7.29. The third-order valence-corrected chi connectivity index (χ3v) is 3.99. The van der Waals surface area contributed by atoms with Crippen molar-refractivity contribution in [1.29, 1.82) is 0 Å². The molecule has 1 atom stereocenters. The summed E-state index contributed by atoms with van der Waals surface area (Å²) in [6.07, 6.45) is 2.13. The Morgan fingerprint density at radius 1 is 1.33 bits per heavy atom. The maximum Gasteiger partial charge on any atom is 0.410 e.